The van der Waals surface area contributed by atoms with Crippen molar-refractivity contribution in [1.29, 1.82) is 0 Å². The Kier molecular flexibility index (Phi) is 3.30. The van der Waals surface area contributed by atoms with Crippen LogP contribution in [0.4, 0.5) is 8.78 Å². The minimum absolute atomic E-state index is 0.0961. The summed E-state index contributed by atoms with van der Waals surface area (Å²) in [5, 5.41) is 0. The van der Waals surface area contributed by atoms with Gasteiger partial charge in [0.25, 0.3) is 0 Å². The van der Waals surface area contributed by atoms with Crippen molar-refractivity contribution in [2.24, 2.45) is 0 Å². The molecule has 1 nitrogen and oxygen atoms in total. The Labute approximate surface area is 117 Å². The summed E-state index contributed by atoms with van der Waals surface area (Å²) in [6.45, 7) is 3.82. The van der Waals surface area contributed by atoms with Gasteiger partial charge in [0.15, 0.2) is 11.6 Å². The molecule has 0 saturated heterocycles. The topological polar surface area (TPSA) is 3.24 Å². The van der Waals surface area contributed by atoms with E-state index in [1.807, 2.05) is 6.07 Å². The zero-order chi connectivity index (χ0) is 14.3. The Hall–Kier alpha value is -1.74. The van der Waals surface area contributed by atoms with Gasteiger partial charge in [-0.15, -0.1) is 0 Å². The Morgan fingerprint density at radius 1 is 1.10 bits per heavy atom. The van der Waals surface area contributed by atoms with Crippen molar-refractivity contribution < 1.29 is 8.78 Å². The van der Waals surface area contributed by atoms with E-state index < -0.39 is 11.6 Å². The SMILES string of the molecule is Cc1cccc2c1CN(C)C[C@@H]2c1ccc(F)c(F)c1. The standard InChI is InChI=1S/C17H17F2N/c1-11-4-3-5-13-14(11)9-20(2)10-15(13)12-6-7-16(18)17(19)8-12/h3-8,15H,9-10H2,1-2H3/t15-/m1/s1. The second-order valence-corrected chi connectivity index (χ2v) is 5.57. The molecule has 0 saturated carbocycles. The first-order chi connectivity index (χ1) is 9.56. The average molecular weight is 273 g/mol. The maximum Gasteiger partial charge on any atom is 0.159 e. The smallest absolute Gasteiger partial charge is 0.159 e. The molecule has 2 aromatic carbocycles. The average Bonchev–Trinajstić information content (AvgIpc) is 2.42. The van der Waals surface area contributed by atoms with Crippen molar-refractivity contribution in [3.05, 3.63) is 70.3 Å². The highest BCUT2D eigenvalue weighted by atomic mass is 19.2. The van der Waals surface area contributed by atoms with E-state index in [4.69, 9.17) is 0 Å². The van der Waals surface area contributed by atoms with Crippen LogP contribution in [0.5, 0.6) is 0 Å². The first kappa shape index (κ1) is 13.3. The first-order valence-electron chi connectivity index (χ1n) is 6.78. The summed E-state index contributed by atoms with van der Waals surface area (Å²) in [5.41, 5.74) is 4.62. The summed E-state index contributed by atoms with van der Waals surface area (Å²) >= 11 is 0. The van der Waals surface area contributed by atoms with Gasteiger partial charge >= 0.3 is 0 Å². The van der Waals surface area contributed by atoms with Gasteiger partial charge in [-0.05, 0) is 48.4 Å². The summed E-state index contributed by atoms with van der Waals surface area (Å²) in [4.78, 5) is 2.22. The van der Waals surface area contributed by atoms with E-state index in [0.29, 0.717) is 0 Å². The van der Waals surface area contributed by atoms with Crippen LogP contribution in [0.25, 0.3) is 0 Å². The van der Waals surface area contributed by atoms with Crippen LogP contribution in [0.1, 0.15) is 28.2 Å². The van der Waals surface area contributed by atoms with Crippen LogP contribution in [0.15, 0.2) is 36.4 Å². The number of likely N-dealkylation sites (N-methyl/N-ethyl adjacent to an activating group) is 1. The number of hydrogen-bond donors (Lipinski definition) is 0. The highest BCUT2D eigenvalue weighted by molar-refractivity contribution is 5.44. The van der Waals surface area contributed by atoms with Gasteiger partial charge in [0.05, 0.1) is 0 Å². The zero-order valence-corrected chi connectivity index (χ0v) is 11.7. The number of fused-ring (bicyclic) bond motifs is 1. The van der Waals surface area contributed by atoms with Crippen molar-refractivity contribution in [2.75, 3.05) is 13.6 Å². The summed E-state index contributed by atoms with van der Waals surface area (Å²) in [6, 6.07) is 10.5. The van der Waals surface area contributed by atoms with Crippen LogP contribution < -0.4 is 0 Å². The fourth-order valence-electron chi connectivity index (χ4n) is 3.03. The predicted molar refractivity (Wildman–Crippen MR) is 75.7 cm³/mol. The van der Waals surface area contributed by atoms with Gasteiger partial charge in [-0.25, -0.2) is 8.78 Å². The monoisotopic (exact) mass is 273 g/mol. The molecule has 2 aromatic rings. The molecule has 0 unspecified atom stereocenters. The van der Waals surface area contributed by atoms with Crippen LogP contribution >= 0.6 is 0 Å². The van der Waals surface area contributed by atoms with Gasteiger partial charge in [0, 0.05) is 19.0 Å². The van der Waals surface area contributed by atoms with Crippen LogP contribution in [0, 0.1) is 18.6 Å². The van der Waals surface area contributed by atoms with Crippen molar-refractivity contribution in [3.63, 3.8) is 0 Å². The molecule has 1 aliphatic rings. The van der Waals surface area contributed by atoms with Crippen LogP contribution in [-0.2, 0) is 6.54 Å². The highest BCUT2D eigenvalue weighted by Crippen LogP contribution is 2.34. The minimum Gasteiger partial charge on any atom is -0.301 e. The molecule has 104 valence electrons. The number of benzene rings is 2. The van der Waals surface area contributed by atoms with Crippen molar-refractivity contribution in [1.82, 2.24) is 4.90 Å². The molecule has 3 rings (SSSR count). The number of rotatable bonds is 1. The molecule has 0 bridgehead atoms. The molecule has 1 atom stereocenters. The highest BCUT2D eigenvalue weighted by Gasteiger charge is 2.26. The van der Waals surface area contributed by atoms with Gasteiger partial charge in [-0.3, -0.25) is 0 Å². The zero-order valence-electron chi connectivity index (χ0n) is 11.7. The minimum atomic E-state index is -0.789. The molecule has 0 aromatic heterocycles. The molecule has 1 aliphatic heterocycles. The van der Waals surface area contributed by atoms with E-state index >= 15 is 0 Å². The fourth-order valence-corrected chi connectivity index (χ4v) is 3.03. The lowest BCUT2D eigenvalue weighted by atomic mass is 9.83. The molecule has 1 heterocycles. The number of nitrogens with zero attached hydrogens (tertiary/aromatic N) is 1. The molecule has 0 spiro atoms. The van der Waals surface area contributed by atoms with Gasteiger partial charge in [0.2, 0.25) is 0 Å². The summed E-state index contributed by atoms with van der Waals surface area (Å²) in [7, 11) is 2.06. The molecular formula is C17H17F2N. The van der Waals surface area contributed by atoms with E-state index in [0.717, 1.165) is 18.7 Å². The molecular weight excluding hydrogens is 256 g/mol. The van der Waals surface area contributed by atoms with Crippen molar-refractivity contribution in [2.45, 2.75) is 19.4 Å². The fraction of sp³-hybridized carbons (Fsp3) is 0.294. The van der Waals surface area contributed by atoms with E-state index in [1.165, 1.54) is 28.8 Å². The normalized spacial score (nSPS) is 18.9. The van der Waals surface area contributed by atoms with Crippen molar-refractivity contribution in [3.8, 4) is 0 Å². The number of halogens is 2. The van der Waals surface area contributed by atoms with Crippen LogP contribution in [-0.4, -0.2) is 18.5 Å². The van der Waals surface area contributed by atoms with Crippen molar-refractivity contribution >= 4 is 0 Å². The molecule has 20 heavy (non-hydrogen) atoms. The van der Waals surface area contributed by atoms with Gasteiger partial charge in [-0.1, -0.05) is 24.3 Å². The lowest BCUT2D eigenvalue weighted by Gasteiger charge is -2.33. The van der Waals surface area contributed by atoms with E-state index in [2.05, 4.69) is 31.0 Å². The molecule has 0 radical (unpaired) electrons. The van der Waals surface area contributed by atoms with Crippen LogP contribution in [0.3, 0.4) is 0 Å². The Morgan fingerprint density at radius 2 is 1.90 bits per heavy atom. The van der Waals surface area contributed by atoms with E-state index in [-0.39, 0.29) is 5.92 Å². The number of aryl methyl sites for hydroxylation is 1. The molecule has 0 aliphatic carbocycles. The predicted octanol–water partition coefficient (Wildman–Crippen LogP) is 3.85. The third kappa shape index (κ3) is 2.22. The lowest BCUT2D eigenvalue weighted by molar-refractivity contribution is 0.294. The molecule has 3 heteroatoms. The lowest BCUT2D eigenvalue weighted by Crippen LogP contribution is -2.31. The van der Waals surface area contributed by atoms with E-state index in [9.17, 15) is 8.78 Å². The van der Waals surface area contributed by atoms with Gasteiger partial charge in [-0.2, -0.15) is 0 Å². The molecule has 0 fully saturated rings. The largest absolute Gasteiger partial charge is 0.301 e. The third-order valence-electron chi connectivity index (χ3n) is 4.09. The maximum atomic E-state index is 13.5. The van der Waals surface area contributed by atoms with Crippen LogP contribution in [0.2, 0.25) is 0 Å². The first-order valence-corrected chi connectivity index (χ1v) is 6.78. The second-order valence-electron chi connectivity index (χ2n) is 5.57. The molecule has 0 N–H and O–H groups in total. The third-order valence-corrected chi connectivity index (χ3v) is 4.09. The number of hydrogen-bond acceptors (Lipinski definition) is 1. The Morgan fingerprint density at radius 3 is 2.65 bits per heavy atom. The summed E-state index contributed by atoms with van der Waals surface area (Å²) in [5.74, 6) is -1.47. The molecule has 0 amide bonds. The van der Waals surface area contributed by atoms with E-state index in [1.54, 1.807) is 6.07 Å². The summed E-state index contributed by atoms with van der Waals surface area (Å²) in [6.07, 6.45) is 0. The quantitative estimate of drug-likeness (QED) is 0.763. The maximum absolute atomic E-state index is 13.5. The Balaban J connectivity index is 2.11. The second kappa shape index (κ2) is 4.98. The Bertz CT molecular complexity index is 651. The van der Waals surface area contributed by atoms with Gasteiger partial charge in [0.1, 0.15) is 0 Å². The van der Waals surface area contributed by atoms with Gasteiger partial charge < -0.3 is 4.90 Å². The summed E-state index contributed by atoms with van der Waals surface area (Å²) < 4.78 is 26.6.